The number of aromatic nitrogens is 1. The van der Waals surface area contributed by atoms with Gasteiger partial charge in [0.2, 0.25) is 5.76 Å². The number of hydrogen-bond donors (Lipinski definition) is 2. The Morgan fingerprint density at radius 2 is 2.03 bits per heavy atom. The fraction of sp³-hybridized carbons (Fsp3) is 0.211. The highest BCUT2D eigenvalue weighted by atomic mass is 32.2. The van der Waals surface area contributed by atoms with Crippen molar-refractivity contribution in [1.82, 2.24) is 9.88 Å². The molecule has 0 radical (unpaired) electrons. The zero-order chi connectivity index (χ0) is 20.8. The maximum absolute atomic E-state index is 13.0. The summed E-state index contributed by atoms with van der Waals surface area (Å²) in [6.07, 6.45) is 0. The van der Waals surface area contributed by atoms with Crippen LogP contribution >= 0.6 is 11.3 Å². The summed E-state index contributed by atoms with van der Waals surface area (Å²) in [6.45, 7) is 1.72. The molecule has 0 aliphatic heterocycles. The van der Waals surface area contributed by atoms with Gasteiger partial charge >= 0.3 is 5.97 Å². The van der Waals surface area contributed by atoms with Crippen LogP contribution < -0.4 is 4.72 Å². The Kier molecular flexibility index (Phi) is 4.53. The van der Waals surface area contributed by atoms with E-state index in [1.807, 2.05) is 12.1 Å². The molecule has 1 aliphatic carbocycles. The van der Waals surface area contributed by atoms with Gasteiger partial charge in [0.1, 0.15) is 21.5 Å². The van der Waals surface area contributed by atoms with Gasteiger partial charge in [0.15, 0.2) is 0 Å². The van der Waals surface area contributed by atoms with Crippen molar-refractivity contribution in [3.05, 3.63) is 59.9 Å². The van der Waals surface area contributed by atoms with E-state index in [2.05, 4.69) is 9.88 Å². The Morgan fingerprint density at radius 1 is 1.31 bits per heavy atom. The molecule has 10 heteroatoms. The maximum Gasteiger partial charge on any atom is 0.325 e. The molecule has 29 heavy (non-hydrogen) atoms. The molecule has 148 valence electrons. The molecule has 1 saturated carbocycles. The first-order valence-corrected chi connectivity index (χ1v) is 10.9. The van der Waals surface area contributed by atoms with Crippen LogP contribution in [0.2, 0.25) is 0 Å². The molecule has 3 aromatic rings. The highest BCUT2D eigenvalue weighted by Gasteiger charge is 2.70. The van der Waals surface area contributed by atoms with Crippen molar-refractivity contribution in [3.63, 3.8) is 0 Å². The highest BCUT2D eigenvalue weighted by molar-refractivity contribution is 7.91. The molecule has 1 aliphatic rings. The molecule has 4 rings (SSSR count). The van der Waals surface area contributed by atoms with Gasteiger partial charge in [-0.15, -0.1) is 11.3 Å². The summed E-state index contributed by atoms with van der Waals surface area (Å²) >= 11 is 0.920. The summed E-state index contributed by atoms with van der Waals surface area (Å²) < 4.78 is 33.1. The minimum Gasteiger partial charge on any atom is -0.480 e. The molecule has 0 saturated heterocycles. The molecule has 2 N–H and O–H groups in total. The molecule has 2 heterocycles. The predicted octanol–water partition coefficient (Wildman–Crippen LogP) is 2.81. The molecular weight excluding hydrogens is 414 g/mol. The number of carboxylic acid groups (broad SMARTS) is 1. The van der Waals surface area contributed by atoms with Gasteiger partial charge in [-0.3, -0.25) is 4.79 Å². The Balaban J connectivity index is 1.64. The summed E-state index contributed by atoms with van der Waals surface area (Å²) in [5, 5.41) is 22.4. The minimum atomic E-state index is -4.10. The van der Waals surface area contributed by atoms with Crippen LogP contribution in [0.1, 0.15) is 24.2 Å². The van der Waals surface area contributed by atoms with E-state index in [-0.39, 0.29) is 9.97 Å². The van der Waals surface area contributed by atoms with Gasteiger partial charge in [-0.1, -0.05) is 42.4 Å². The van der Waals surface area contributed by atoms with Crippen molar-refractivity contribution in [2.75, 3.05) is 0 Å². The van der Waals surface area contributed by atoms with Gasteiger partial charge in [0.05, 0.1) is 4.88 Å². The molecule has 3 atom stereocenters. The number of aliphatic carboxylic acids is 1. The maximum atomic E-state index is 13.0. The molecule has 0 amide bonds. The lowest BCUT2D eigenvalue weighted by Gasteiger charge is -2.15. The fourth-order valence-electron chi connectivity index (χ4n) is 3.62. The van der Waals surface area contributed by atoms with Crippen molar-refractivity contribution < 1.29 is 22.8 Å². The quantitative estimate of drug-likeness (QED) is 0.615. The third-order valence-corrected chi connectivity index (χ3v) is 8.22. The molecule has 1 aromatic carbocycles. The first-order chi connectivity index (χ1) is 13.8. The molecule has 2 aromatic heterocycles. The first kappa shape index (κ1) is 19.3. The Bertz CT molecular complexity index is 1230. The van der Waals surface area contributed by atoms with E-state index in [1.165, 1.54) is 18.2 Å². The van der Waals surface area contributed by atoms with E-state index < -0.39 is 33.4 Å². The molecule has 0 bridgehead atoms. The van der Waals surface area contributed by atoms with E-state index in [4.69, 9.17) is 9.78 Å². The average Bonchev–Trinajstić information content (AvgIpc) is 3.13. The van der Waals surface area contributed by atoms with Gasteiger partial charge < -0.3 is 9.63 Å². The third kappa shape index (κ3) is 3.13. The lowest BCUT2D eigenvalue weighted by atomic mass is 10.1. The van der Waals surface area contributed by atoms with E-state index >= 15 is 0 Å². The Labute approximate surface area is 170 Å². The highest BCUT2D eigenvalue weighted by Crippen LogP contribution is 2.58. The number of hydrogen-bond acceptors (Lipinski definition) is 7. The number of thiophene rings is 1. The van der Waals surface area contributed by atoms with Gasteiger partial charge in [-0.25, -0.2) is 8.42 Å². The number of nitrogens with one attached hydrogen (secondary N) is 1. The van der Waals surface area contributed by atoms with Crippen molar-refractivity contribution in [2.45, 2.75) is 22.6 Å². The van der Waals surface area contributed by atoms with E-state index in [0.29, 0.717) is 10.6 Å². The predicted molar refractivity (Wildman–Crippen MR) is 104 cm³/mol. The van der Waals surface area contributed by atoms with Crippen LogP contribution in [0, 0.1) is 17.2 Å². The third-order valence-electron chi connectivity index (χ3n) is 5.13. The molecule has 1 unspecified atom stereocenters. The van der Waals surface area contributed by atoms with E-state index in [1.54, 1.807) is 31.2 Å². The number of carboxylic acids is 1. The number of nitrogens with zero attached hydrogens (tertiary/aromatic N) is 2. The minimum absolute atomic E-state index is 0.0123. The molecule has 0 spiro atoms. The Hall–Kier alpha value is -3.00. The van der Waals surface area contributed by atoms with E-state index in [0.717, 1.165) is 16.9 Å². The van der Waals surface area contributed by atoms with Gasteiger partial charge in [0, 0.05) is 12.0 Å². The van der Waals surface area contributed by atoms with Gasteiger partial charge in [-0.2, -0.15) is 9.98 Å². The summed E-state index contributed by atoms with van der Waals surface area (Å²) in [5.41, 5.74) is -0.502. The largest absolute Gasteiger partial charge is 0.480 e. The summed E-state index contributed by atoms with van der Waals surface area (Å²) in [6, 6.07) is 15.1. The van der Waals surface area contributed by atoms with Crippen LogP contribution in [-0.4, -0.2) is 30.2 Å². The van der Waals surface area contributed by atoms with Crippen molar-refractivity contribution >= 4 is 27.3 Å². The summed E-state index contributed by atoms with van der Waals surface area (Å²) in [5.74, 6) is -2.08. The second kappa shape index (κ2) is 6.81. The second-order valence-electron chi connectivity index (χ2n) is 6.76. The standard InChI is InChI=1S/C19H15N3O5S2/c1-11-17(12-5-3-2-4-6-12)19(11,18(23)24)22-29(25,26)16-8-7-15(28-16)14-9-13(10-20)27-21-14/h2-9,11,17,22H,1H3,(H,23,24)/t11?,17-,19+/m1/s1. The summed E-state index contributed by atoms with van der Waals surface area (Å²) in [4.78, 5) is 12.6. The molecule has 8 nitrogen and oxygen atoms in total. The average molecular weight is 429 g/mol. The molecule has 1 fully saturated rings. The molecular formula is C19H15N3O5S2. The zero-order valence-corrected chi connectivity index (χ0v) is 16.7. The number of benzene rings is 1. The Morgan fingerprint density at radius 3 is 2.66 bits per heavy atom. The van der Waals surface area contributed by atoms with Crippen LogP contribution in [0.5, 0.6) is 0 Å². The normalized spacial score (nSPS) is 23.4. The number of carbonyl (C=O) groups is 1. The van der Waals surface area contributed by atoms with Crippen molar-refractivity contribution in [2.24, 2.45) is 5.92 Å². The summed E-state index contributed by atoms with van der Waals surface area (Å²) in [7, 11) is -4.10. The number of rotatable bonds is 6. The van der Waals surface area contributed by atoms with Gasteiger partial charge in [-0.05, 0) is 23.6 Å². The van der Waals surface area contributed by atoms with Crippen LogP contribution in [0.4, 0.5) is 0 Å². The lowest BCUT2D eigenvalue weighted by molar-refractivity contribution is -0.140. The van der Waals surface area contributed by atoms with Gasteiger partial charge in [0.25, 0.3) is 10.0 Å². The number of nitriles is 1. The second-order valence-corrected chi connectivity index (χ2v) is 9.76. The lowest BCUT2D eigenvalue weighted by Crippen LogP contribution is -2.45. The smallest absolute Gasteiger partial charge is 0.325 e. The van der Waals surface area contributed by atoms with Crippen molar-refractivity contribution in [3.8, 4) is 16.6 Å². The SMILES string of the molecule is CC1[C@H](c2ccccc2)[C@]1(NS(=O)(=O)c1ccc(-c2cc(C#N)on2)s1)C(=O)O. The van der Waals surface area contributed by atoms with Crippen LogP contribution in [0.25, 0.3) is 10.6 Å². The van der Waals surface area contributed by atoms with Crippen LogP contribution in [0.15, 0.2) is 57.3 Å². The monoisotopic (exact) mass is 429 g/mol. The van der Waals surface area contributed by atoms with Crippen LogP contribution in [0.3, 0.4) is 0 Å². The van der Waals surface area contributed by atoms with E-state index in [9.17, 15) is 18.3 Å². The zero-order valence-electron chi connectivity index (χ0n) is 15.1. The number of sulfonamides is 1. The first-order valence-electron chi connectivity index (χ1n) is 8.59. The van der Waals surface area contributed by atoms with Crippen molar-refractivity contribution in [1.29, 1.82) is 5.26 Å². The van der Waals surface area contributed by atoms with Crippen LogP contribution in [-0.2, 0) is 14.8 Å². The topological polar surface area (TPSA) is 133 Å². The fourth-order valence-corrected chi connectivity index (χ4v) is 6.34.